The van der Waals surface area contributed by atoms with E-state index in [0.29, 0.717) is 10.6 Å². The molecule has 0 N–H and O–H groups in total. The molecule has 1 amide bonds. The van der Waals surface area contributed by atoms with Crippen LogP contribution in [0.2, 0.25) is 15.2 Å². The van der Waals surface area contributed by atoms with Gasteiger partial charge in [-0.1, -0.05) is 46.9 Å². The summed E-state index contributed by atoms with van der Waals surface area (Å²) in [6.07, 6.45) is 1.37. The SMILES string of the molecule is CC(c1cccc(Cl)c1)N(C)C(=O)c1cc(Cl)ncc1Cl. The second-order valence-electron chi connectivity index (χ2n) is 4.63. The molecular weight excluding hydrogens is 331 g/mol. The molecule has 0 aliphatic carbocycles. The number of nitrogens with zero attached hydrogens (tertiary/aromatic N) is 2. The summed E-state index contributed by atoms with van der Waals surface area (Å²) in [6.45, 7) is 1.92. The number of aromatic nitrogens is 1. The lowest BCUT2D eigenvalue weighted by atomic mass is 10.1. The van der Waals surface area contributed by atoms with E-state index < -0.39 is 0 Å². The van der Waals surface area contributed by atoms with Gasteiger partial charge in [0.2, 0.25) is 0 Å². The number of rotatable bonds is 3. The van der Waals surface area contributed by atoms with Gasteiger partial charge in [0, 0.05) is 18.3 Å². The molecule has 110 valence electrons. The third-order valence-corrected chi connectivity index (χ3v) is 4.03. The molecule has 6 heteroatoms. The van der Waals surface area contributed by atoms with E-state index in [2.05, 4.69) is 4.98 Å². The van der Waals surface area contributed by atoms with E-state index in [4.69, 9.17) is 34.8 Å². The van der Waals surface area contributed by atoms with E-state index in [1.807, 2.05) is 25.1 Å². The van der Waals surface area contributed by atoms with Crippen LogP contribution in [0.25, 0.3) is 0 Å². The fourth-order valence-corrected chi connectivity index (χ4v) is 2.47. The van der Waals surface area contributed by atoms with Crippen LogP contribution < -0.4 is 0 Å². The molecule has 0 aliphatic heterocycles. The minimum atomic E-state index is -0.225. The maximum Gasteiger partial charge on any atom is 0.255 e. The molecule has 0 saturated heterocycles. The predicted molar refractivity (Wildman–Crippen MR) is 86.2 cm³/mol. The molecular formula is C15H13Cl3N2O. The van der Waals surface area contributed by atoms with Gasteiger partial charge < -0.3 is 4.90 Å². The summed E-state index contributed by atoms with van der Waals surface area (Å²) in [5.74, 6) is -0.225. The molecule has 0 aliphatic rings. The first-order valence-electron chi connectivity index (χ1n) is 6.24. The monoisotopic (exact) mass is 342 g/mol. The van der Waals surface area contributed by atoms with Gasteiger partial charge in [0.25, 0.3) is 5.91 Å². The zero-order chi connectivity index (χ0) is 15.6. The summed E-state index contributed by atoms with van der Waals surface area (Å²) >= 11 is 17.8. The third kappa shape index (κ3) is 3.67. The zero-order valence-electron chi connectivity index (χ0n) is 11.5. The van der Waals surface area contributed by atoms with Crippen LogP contribution in [0.4, 0.5) is 0 Å². The molecule has 2 aromatic rings. The standard InChI is InChI=1S/C15H13Cl3N2O/c1-9(10-4-3-5-11(16)6-10)20(2)15(21)12-7-14(18)19-8-13(12)17/h3-9H,1-2H3. The number of hydrogen-bond acceptors (Lipinski definition) is 2. The van der Waals surface area contributed by atoms with Crippen LogP contribution in [-0.4, -0.2) is 22.8 Å². The summed E-state index contributed by atoms with van der Waals surface area (Å²) in [5.41, 5.74) is 1.27. The van der Waals surface area contributed by atoms with Crippen molar-refractivity contribution < 1.29 is 4.79 Å². The van der Waals surface area contributed by atoms with E-state index in [0.717, 1.165) is 5.56 Å². The van der Waals surface area contributed by atoms with E-state index in [1.165, 1.54) is 12.3 Å². The lowest BCUT2D eigenvalue weighted by Crippen LogP contribution is -2.30. The van der Waals surface area contributed by atoms with Crippen molar-refractivity contribution in [2.75, 3.05) is 7.05 Å². The van der Waals surface area contributed by atoms with Crippen LogP contribution in [0.1, 0.15) is 28.9 Å². The molecule has 1 atom stereocenters. The van der Waals surface area contributed by atoms with Gasteiger partial charge in [0.05, 0.1) is 16.6 Å². The molecule has 3 nitrogen and oxygen atoms in total. The Morgan fingerprint density at radius 3 is 2.62 bits per heavy atom. The second kappa shape index (κ2) is 6.65. The molecule has 1 aromatic heterocycles. The van der Waals surface area contributed by atoms with E-state index in [-0.39, 0.29) is 22.1 Å². The van der Waals surface area contributed by atoms with Crippen LogP contribution >= 0.6 is 34.8 Å². The Morgan fingerprint density at radius 2 is 1.95 bits per heavy atom. The lowest BCUT2D eigenvalue weighted by Gasteiger charge is -2.26. The highest BCUT2D eigenvalue weighted by atomic mass is 35.5. The fraction of sp³-hybridized carbons (Fsp3) is 0.200. The molecule has 0 bridgehead atoms. The fourth-order valence-electron chi connectivity index (χ4n) is 1.93. The Kier molecular flexibility index (Phi) is 5.09. The minimum Gasteiger partial charge on any atom is -0.335 e. The average molecular weight is 344 g/mol. The van der Waals surface area contributed by atoms with Crippen LogP contribution in [0.5, 0.6) is 0 Å². The summed E-state index contributed by atoms with van der Waals surface area (Å²) in [7, 11) is 1.71. The Hall–Kier alpha value is -1.29. The third-order valence-electron chi connectivity index (χ3n) is 3.28. The smallest absolute Gasteiger partial charge is 0.255 e. The van der Waals surface area contributed by atoms with Gasteiger partial charge in [-0.2, -0.15) is 0 Å². The molecule has 0 spiro atoms. The largest absolute Gasteiger partial charge is 0.335 e. The van der Waals surface area contributed by atoms with Gasteiger partial charge in [-0.15, -0.1) is 0 Å². The number of carbonyl (C=O) groups is 1. The Balaban J connectivity index is 2.28. The summed E-state index contributed by atoms with van der Waals surface area (Å²) in [6, 6.07) is 8.70. The van der Waals surface area contributed by atoms with E-state index in [9.17, 15) is 4.79 Å². The Morgan fingerprint density at radius 1 is 1.24 bits per heavy atom. The van der Waals surface area contributed by atoms with Crippen molar-refractivity contribution >= 4 is 40.7 Å². The number of carbonyl (C=O) groups excluding carboxylic acids is 1. The maximum atomic E-state index is 12.5. The molecule has 2 rings (SSSR count). The predicted octanol–water partition coefficient (Wildman–Crippen LogP) is 4.88. The van der Waals surface area contributed by atoms with Gasteiger partial charge in [-0.05, 0) is 30.7 Å². The summed E-state index contributed by atoms with van der Waals surface area (Å²) < 4.78 is 0. The average Bonchev–Trinajstić information content (AvgIpc) is 2.47. The maximum absolute atomic E-state index is 12.5. The number of hydrogen-bond donors (Lipinski definition) is 0. The number of pyridine rings is 1. The van der Waals surface area contributed by atoms with Crippen molar-refractivity contribution in [3.05, 3.63) is 62.9 Å². The first-order valence-corrected chi connectivity index (χ1v) is 7.37. The first-order chi connectivity index (χ1) is 9.90. The normalized spacial score (nSPS) is 12.0. The van der Waals surface area contributed by atoms with E-state index >= 15 is 0 Å². The molecule has 0 saturated carbocycles. The second-order valence-corrected chi connectivity index (χ2v) is 5.86. The van der Waals surface area contributed by atoms with Crippen molar-refractivity contribution in [1.29, 1.82) is 0 Å². The molecule has 1 unspecified atom stereocenters. The minimum absolute atomic E-state index is 0.154. The van der Waals surface area contributed by atoms with Crippen molar-refractivity contribution in [3.8, 4) is 0 Å². The van der Waals surface area contributed by atoms with Crippen molar-refractivity contribution in [1.82, 2.24) is 9.88 Å². The summed E-state index contributed by atoms with van der Waals surface area (Å²) in [5, 5.41) is 1.13. The van der Waals surface area contributed by atoms with Crippen LogP contribution in [0.15, 0.2) is 36.5 Å². The topological polar surface area (TPSA) is 33.2 Å². The Bertz CT molecular complexity index is 676. The van der Waals surface area contributed by atoms with Gasteiger partial charge in [0.15, 0.2) is 0 Å². The zero-order valence-corrected chi connectivity index (χ0v) is 13.7. The number of amides is 1. The Labute approximate surface area is 138 Å². The van der Waals surface area contributed by atoms with Crippen molar-refractivity contribution in [2.24, 2.45) is 0 Å². The van der Waals surface area contributed by atoms with Gasteiger partial charge in [0.1, 0.15) is 5.15 Å². The molecule has 1 heterocycles. The highest BCUT2D eigenvalue weighted by Gasteiger charge is 2.21. The summed E-state index contributed by atoms with van der Waals surface area (Å²) in [4.78, 5) is 18.0. The van der Waals surface area contributed by atoms with Crippen molar-refractivity contribution in [2.45, 2.75) is 13.0 Å². The lowest BCUT2D eigenvalue weighted by molar-refractivity contribution is 0.0742. The van der Waals surface area contributed by atoms with Gasteiger partial charge in [-0.25, -0.2) is 4.98 Å². The molecule has 0 radical (unpaired) electrons. The number of halogens is 3. The van der Waals surface area contributed by atoms with Gasteiger partial charge >= 0.3 is 0 Å². The van der Waals surface area contributed by atoms with Crippen LogP contribution in [-0.2, 0) is 0 Å². The molecule has 0 fully saturated rings. The molecule has 21 heavy (non-hydrogen) atoms. The van der Waals surface area contributed by atoms with E-state index in [1.54, 1.807) is 18.0 Å². The quantitative estimate of drug-likeness (QED) is 0.745. The van der Waals surface area contributed by atoms with Crippen LogP contribution in [0.3, 0.4) is 0 Å². The molecule has 1 aromatic carbocycles. The highest BCUT2D eigenvalue weighted by molar-refractivity contribution is 6.35. The highest BCUT2D eigenvalue weighted by Crippen LogP contribution is 2.26. The van der Waals surface area contributed by atoms with Crippen LogP contribution in [0, 0.1) is 0 Å². The van der Waals surface area contributed by atoms with Gasteiger partial charge in [-0.3, -0.25) is 4.79 Å². The first kappa shape index (κ1) is 16.1. The number of benzene rings is 1. The van der Waals surface area contributed by atoms with Crippen molar-refractivity contribution in [3.63, 3.8) is 0 Å².